The van der Waals surface area contributed by atoms with Crippen LogP contribution in [0.3, 0.4) is 0 Å². The Morgan fingerprint density at radius 3 is 2.53 bits per heavy atom. The highest BCUT2D eigenvalue weighted by molar-refractivity contribution is 5.41. The third kappa shape index (κ3) is 2.93. The van der Waals surface area contributed by atoms with Gasteiger partial charge in [-0.1, -0.05) is 12.1 Å². The quantitative estimate of drug-likeness (QED) is 0.879. The van der Waals surface area contributed by atoms with Gasteiger partial charge in [-0.15, -0.1) is 0 Å². The van der Waals surface area contributed by atoms with Crippen molar-refractivity contribution in [1.29, 1.82) is 0 Å². The molecule has 0 bridgehead atoms. The summed E-state index contributed by atoms with van der Waals surface area (Å²) >= 11 is 0. The van der Waals surface area contributed by atoms with Gasteiger partial charge in [0.05, 0.1) is 5.69 Å². The predicted octanol–water partition coefficient (Wildman–Crippen LogP) is 2.14. The van der Waals surface area contributed by atoms with Crippen LogP contribution in [0, 0.1) is 5.82 Å². The Morgan fingerprint density at radius 2 is 1.88 bits per heavy atom. The van der Waals surface area contributed by atoms with E-state index in [0.29, 0.717) is 6.54 Å². The fourth-order valence-electron chi connectivity index (χ4n) is 1.50. The second-order valence-corrected chi connectivity index (χ2v) is 3.85. The number of aryl methyl sites for hydroxylation is 1. The summed E-state index contributed by atoms with van der Waals surface area (Å²) in [7, 11) is 1.70. The minimum atomic E-state index is -0.240. The third-order valence-electron chi connectivity index (χ3n) is 2.50. The van der Waals surface area contributed by atoms with E-state index >= 15 is 0 Å². The van der Waals surface area contributed by atoms with Crippen LogP contribution in [0.25, 0.3) is 0 Å². The predicted molar refractivity (Wildman–Crippen MR) is 65.4 cm³/mol. The number of aromatic nitrogens is 1. The number of hydrogen-bond donors (Lipinski definition) is 1. The Morgan fingerprint density at radius 1 is 1.18 bits per heavy atom. The van der Waals surface area contributed by atoms with E-state index in [1.807, 2.05) is 0 Å². The van der Waals surface area contributed by atoms with E-state index in [2.05, 4.69) is 5.32 Å². The van der Waals surface area contributed by atoms with Crippen molar-refractivity contribution in [2.75, 3.05) is 5.32 Å². The first-order valence-electron chi connectivity index (χ1n) is 5.30. The summed E-state index contributed by atoms with van der Waals surface area (Å²) in [6.07, 6.45) is 1.73. The summed E-state index contributed by atoms with van der Waals surface area (Å²) in [6.45, 7) is 0.596. The molecule has 4 heteroatoms. The summed E-state index contributed by atoms with van der Waals surface area (Å²) in [4.78, 5) is 11.2. The van der Waals surface area contributed by atoms with E-state index in [9.17, 15) is 9.18 Å². The SMILES string of the molecule is Cn1cc(NCc2ccc(F)cc2)ccc1=O. The number of halogens is 1. The van der Waals surface area contributed by atoms with Crippen molar-refractivity contribution in [3.8, 4) is 0 Å². The first-order chi connectivity index (χ1) is 8.15. The monoisotopic (exact) mass is 232 g/mol. The van der Waals surface area contributed by atoms with E-state index < -0.39 is 0 Å². The molecule has 0 saturated heterocycles. The van der Waals surface area contributed by atoms with E-state index in [0.717, 1.165) is 11.3 Å². The van der Waals surface area contributed by atoms with E-state index in [1.165, 1.54) is 22.8 Å². The van der Waals surface area contributed by atoms with Gasteiger partial charge in [0.25, 0.3) is 0 Å². The van der Waals surface area contributed by atoms with Crippen molar-refractivity contribution < 1.29 is 4.39 Å². The summed E-state index contributed by atoms with van der Waals surface area (Å²) in [5, 5.41) is 3.17. The van der Waals surface area contributed by atoms with Gasteiger partial charge in [-0.3, -0.25) is 4.79 Å². The lowest BCUT2D eigenvalue weighted by Crippen LogP contribution is -2.15. The van der Waals surface area contributed by atoms with Crippen molar-refractivity contribution in [2.24, 2.45) is 7.05 Å². The molecular formula is C13H13FN2O. The molecule has 0 aliphatic rings. The van der Waals surface area contributed by atoms with Gasteiger partial charge in [-0.25, -0.2) is 4.39 Å². The molecule has 0 amide bonds. The van der Waals surface area contributed by atoms with Gasteiger partial charge in [0.1, 0.15) is 5.82 Å². The molecule has 2 rings (SSSR count). The normalized spacial score (nSPS) is 10.2. The molecule has 0 aliphatic carbocycles. The fourth-order valence-corrected chi connectivity index (χ4v) is 1.50. The molecule has 0 radical (unpaired) electrons. The molecule has 0 spiro atoms. The number of nitrogens with one attached hydrogen (secondary N) is 1. The lowest BCUT2D eigenvalue weighted by molar-refractivity contribution is 0.627. The Kier molecular flexibility index (Phi) is 3.23. The molecule has 1 heterocycles. The summed E-state index contributed by atoms with van der Waals surface area (Å²) in [5.41, 5.74) is 1.80. The molecular weight excluding hydrogens is 219 g/mol. The zero-order valence-corrected chi connectivity index (χ0v) is 9.48. The average Bonchev–Trinajstić information content (AvgIpc) is 2.33. The van der Waals surface area contributed by atoms with E-state index in [-0.39, 0.29) is 11.4 Å². The van der Waals surface area contributed by atoms with Gasteiger partial charge in [0.2, 0.25) is 5.56 Å². The molecule has 1 N–H and O–H groups in total. The van der Waals surface area contributed by atoms with Gasteiger partial charge >= 0.3 is 0 Å². The van der Waals surface area contributed by atoms with Gasteiger partial charge in [-0.05, 0) is 23.8 Å². The maximum atomic E-state index is 12.7. The lowest BCUT2D eigenvalue weighted by atomic mass is 10.2. The molecule has 0 aliphatic heterocycles. The minimum absolute atomic E-state index is 0.0441. The van der Waals surface area contributed by atoms with Crippen LogP contribution in [0.2, 0.25) is 0 Å². The summed E-state index contributed by atoms with van der Waals surface area (Å²) < 4.78 is 14.2. The van der Waals surface area contributed by atoms with Crippen LogP contribution in [-0.4, -0.2) is 4.57 Å². The number of pyridine rings is 1. The number of benzene rings is 1. The Bertz CT molecular complexity index is 560. The Balaban J connectivity index is 2.04. The minimum Gasteiger partial charge on any atom is -0.380 e. The van der Waals surface area contributed by atoms with Gasteiger partial charge in [0, 0.05) is 25.9 Å². The molecule has 17 heavy (non-hydrogen) atoms. The van der Waals surface area contributed by atoms with Crippen molar-refractivity contribution in [3.63, 3.8) is 0 Å². The molecule has 0 atom stereocenters. The number of hydrogen-bond acceptors (Lipinski definition) is 2. The van der Waals surface area contributed by atoms with Gasteiger partial charge in [-0.2, -0.15) is 0 Å². The maximum Gasteiger partial charge on any atom is 0.250 e. The van der Waals surface area contributed by atoms with E-state index in [4.69, 9.17) is 0 Å². The molecule has 0 saturated carbocycles. The number of rotatable bonds is 3. The van der Waals surface area contributed by atoms with Crippen LogP contribution in [-0.2, 0) is 13.6 Å². The van der Waals surface area contributed by atoms with Crippen LogP contribution < -0.4 is 10.9 Å². The highest BCUT2D eigenvalue weighted by Crippen LogP contribution is 2.07. The van der Waals surface area contributed by atoms with Gasteiger partial charge < -0.3 is 9.88 Å². The highest BCUT2D eigenvalue weighted by Gasteiger charge is 1.96. The number of nitrogens with zero attached hydrogens (tertiary/aromatic N) is 1. The van der Waals surface area contributed by atoms with Crippen LogP contribution in [0.1, 0.15) is 5.56 Å². The average molecular weight is 232 g/mol. The third-order valence-corrected chi connectivity index (χ3v) is 2.50. The first kappa shape index (κ1) is 11.4. The zero-order valence-electron chi connectivity index (χ0n) is 9.48. The zero-order chi connectivity index (χ0) is 12.3. The van der Waals surface area contributed by atoms with Crippen molar-refractivity contribution in [3.05, 3.63) is 64.3 Å². The second-order valence-electron chi connectivity index (χ2n) is 3.85. The molecule has 1 aromatic heterocycles. The molecule has 3 nitrogen and oxygen atoms in total. The van der Waals surface area contributed by atoms with Crippen LogP contribution in [0.5, 0.6) is 0 Å². The smallest absolute Gasteiger partial charge is 0.250 e. The fraction of sp³-hybridized carbons (Fsp3) is 0.154. The van der Waals surface area contributed by atoms with Crippen molar-refractivity contribution >= 4 is 5.69 Å². The standard InChI is InChI=1S/C13H13FN2O/c1-16-9-12(6-7-13(16)17)15-8-10-2-4-11(14)5-3-10/h2-7,9,15H,8H2,1H3. The topological polar surface area (TPSA) is 34.0 Å². The van der Waals surface area contributed by atoms with Crippen molar-refractivity contribution in [1.82, 2.24) is 4.57 Å². The maximum absolute atomic E-state index is 12.7. The first-order valence-corrected chi connectivity index (χ1v) is 5.30. The number of anilines is 1. The highest BCUT2D eigenvalue weighted by atomic mass is 19.1. The Labute approximate surface area is 98.5 Å². The van der Waals surface area contributed by atoms with Crippen LogP contribution in [0.15, 0.2) is 47.4 Å². The molecule has 1 aromatic carbocycles. The largest absolute Gasteiger partial charge is 0.380 e. The van der Waals surface area contributed by atoms with Crippen LogP contribution in [0.4, 0.5) is 10.1 Å². The van der Waals surface area contributed by atoms with Gasteiger partial charge in [0.15, 0.2) is 0 Å². The lowest BCUT2D eigenvalue weighted by Gasteiger charge is -2.07. The van der Waals surface area contributed by atoms with Crippen molar-refractivity contribution in [2.45, 2.75) is 6.54 Å². The summed E-state index contributed by atoms with van der Waals surface area (Å²) in [6, 6.07) is 9.54. The molecule has 0 fully saturated rings. The summed E-state index contributed by atoms with van der Waals surface area (Å²) in [5.74, 6) is -0.240. The Hall–Kier alpha value is -2.10. The second kappa shape index (κ2) is 4.82. The molecule has 88 valence electrons. The van der Waals surface area contributed by atoms with E-state index in [1.54, 1.807) is 31.4 Å². The van der Waals surface area contributed by atoms with Crippen LogP contribution >= 0.6 is 0 Å². The molecule has 0 unspecified atom stereocenters. The molecule has 2 aromatic rings.